The van der Waals surface area contributed by atoms with Crippen LogP contribution in [0.1, 0.15) is 13.8 Å². The van der Waals surface area contributed by atoms with Crippen LogP contribution >= 0.6 is 0 Å². The van der Waals surface area contributed by atoms with E-state index >= 15 is 0 Å². The summed E-state index contributed by atoms with van der Waals surface area (Å²) >= 11 is 0. The molecule has 46 valence electrons. The second kappa shape index (κ2) is 3.96. The van der Waals surface area contributed by atoms with Crippen molar-refractivity contribution in [3.05, 3.63) is 0 Å². The Morgan fingerprint density at radius 2 is 2.00 bits per heavy atom. The van der Waals surface area contributed by atoms with Crippen molar-refractivity contribution in [2.24, 2.45) is 5.92 Å². The number of hydrogen-bond donors (Lipinski definition) is 1. The Bertz CT molecular complexity index is 54.5. The van der Waals surface area contributed by atoms with Crippen LogP contribution in [0.5, 0.6) is 0 Å². The van der Waals surface area contributed by atoms with E-state index in [-0.39, 0.29) is 0 Å². The Hall–Kier alpha value is 0.0249. The summed E-state index contributed by atoms with van der Waals surface area (Å²) in [5.74, 6) is 0.891. The molecule has 1 N–H and O–H groups in total. The number of hydrogen-bond acceptors (Lipinski definition) is 1. The smallest absolute Gasteiger partial charge is 0.0700 e. The molecule has 0 aliphatic carbocycles. The molecule has 0 aliphatic heterocycles. The highest BCUT2D eigenvalue weighted by Gasteiger charge is 2.02. The zero-order chi connectivity index (χ0) is 6.57. The van der Waals surface area contributed by atoms with E-state index in [2.05, 4.69) is 12.2 Å². The van der Waals surface area contributed by atoms with Crippen LogP contribution in [0.2, 0.25) is 5.82 Å². The molecule has 1 unspecified atom stereocenters. The molecule has 0 heterocycles. The summed E-state index contributed by atoms with van der Waals surface area (Å²) < 4.78 is 0. The first-order chi connectivity index (χ1) is 3.68. The molecule has 2 heteroatoms. The average molecular weight is 111 g/mol. The lowest BCUT2D eigenvalue weighted by molar-refractivity contribution is 0.528. The summed E-state index contributed by atoms with van der Waals surface area (Å²) in [4.78, 5) is 0. The van der Waals surface area contributed by atoms with E-state index in [0.717, 1.165) is 6.54 Å². The van der Waals surface area contributed by atoms with Crippen molar-refractivity contribution in [3.63, 3.8) is 0 Å². The monoisotopic (exact) mass is 111 g/mol. The Morgan fingerprint density at radius 1 is 1.50 bits per heavy atom. The molecule has 8 heavy (non-hydrogen) atoms. The van der Waals surface area contributed by atoms with Gasteiger partial charge in [-0.1, -0.05) is 19.7 Å². The molecule has 0 bridgehead atoms. The standard InChI is InChI=1S/C6H14BN/c1-5(4-8-3)6(2)7/h5-6,8H,4H2,1-3H3/t5?,6-/m0/s1. The molecule has 2 radical (unpaired) electrons. The lowest BCUT2D eigenvalue weighted by Crippen LogP contribution is -2.18. The van der Waals surface area contributed by atoms with Gasteiger partial charge in [0.05, 0.1) is 7.85 Å². The first kappa shape index (κ1) is 8.02. The molecular formula is C6H14BN. The highest BCUT2D eigenvalue weighted by molar-refractivity contribution is 6.11. The van der Waals surface area contributed by atoms with Gasteiger partial charge in [0.2, 0.25) is 0 Å². The van der Waals surface area contributed by atoms with Crippen molar-refractivity contribution in [2.75, 3.05) is 13.6 Å². The third-order valence-corrected chi connectivity index (χ3v) is 1.42. The van der Waals surface area contributed by atoms with Gasteiger partial charge in [-0.05, 0) is 19.5 Å². The predicted molar refractivity (Wildman–Crippen MR) is 38.3 cm³/mol. The molecule has 0 aromatic heterocycles. The van der Waals surface area contributed by atoms with Crippen molar-refractivity contribution in [2.45, 2.75) is 19.7 Å². The minimum atomic E-state index is 0.308. The summed E-state index contributed by atoms with van der Waals surface area (Å²) in [5, 5.41) is 3.07. The fourth-order valence-electron chi connectivity index (χ4n) is 0.508. The fraction of sp³-hybridized carbons (Fsp3) is 1.00. The van der Waals surface area contributed by atoms with E-state index in [1.165, 1.54) is 0 Å². The van der Waals surface area contributed by atoms with Crippen LogP contribution in [0.3, 0.4) is 0 Å². The van der Waals surface area contributed by atoms with Gasteiger partial charge in [0.15, 0.2) is 0 Å². The maximum absolute atomic E-state index is 5.58. The van der Waals surface area contributed by atoms with E-state index in [1.807, 2.05) is 14.0 Å². The van der Waals surface area contributed by atoms with E-state index < -0.39 is 0 Å². The third-order valence-electron chi connectivity index (χ3n) is 1.42. The first-order valence-corrected chi connectivity index (χ1v) is 3.08. The molecular weight excluding hydrogens is 96.9 g/mol. The maximum atomic E-state index is 5.58. The molecule has 0 fully saturated rings. The van der Waals surface area contributed by atoms with Gasteiger partial charge in [-0.3, -0.25) is 0 Å². The van der Waals surface area contributed by atoms with Crippen LogP contribution in [0.15, 0.2) is 0 Å². The fourth-order valence-corrected chi connectivity index (χ4v) is 0.508. The largest absolute Gasteiger partial charge is 0.320 e. The topological polar surface area (TPSA) is 12.0 Å². The summed E-state index contributed by atoms with van der Waals surface area (Å²) in [6.45, 7) is 5.18. The maximum Gasteiger partial charge on any atom is 0.0700 e. The summed E-state index contributed by atoms with van der Waals surface area (Å²) in [5.41, 5.74) is 0. The summed E-state index contributed by atoms with van der Waals surface area (Å²) in [6.07, 6.45) is 0. The Labute approximate surface area is 53.3 Å². The van der Waals surface area contributed by atoms with Gasteiger partial charge < -0.3 is 5.32 Å². The zero-order valence-corrected chi connectivity index (χ0v) is 5.94. The van der Waals surface area contributed by atoms with E-state index in [1.54, 1.807) is 0 Å². The first-order valence-electron chi connectivity index (χ1n) is 3.08. The number of nitrogens with one attached hydrogen (secondary N) is 1. The van der Waals surface area contributed by atoms with Crippen molar-refractivity contribution in [1.29, 1.82) is 0 Å². The van der Waals surface area contributed by atoms with E-state index in [0.29, 0.717) is 11.7 Å². The van der Waals surface area contributed by atoms with Crippen molar-refractivity contribution < 1.29 is 0 Å². The zero-order valence-electron chi connectivity index (χ0n) is 5.94. The highest BCUT2D eigenvalue weighted by atomic mass is 14.8. The van der Waals surface area contributed by atoms with Crippen LogP contribution in [-0.2, 0) is 0 Å². The SMILES string of the molecule is [B][C@@H](C)C(C)CNC. The van der Waals surface area contributed by atoms with Gasteiger partial charge in [0, 0.05) is 0 Å². The van der Waals surface area contributed by atoms with Crippen LogP contribution < -0.4 is 5.32 Å². The Balaban J connectivity index is 3.17. The highest BCUT2D eigenvalue weighted by Crippen LogP contribution is 2.09. The molecule has 2 atom stereocenters. The Kier molecular flexibility index (Phi) is 3.97. The molecule has 0 aromatic carbocycles. The van der Waals surface area contributed by atoms with Crippen LogP contribution in [0.25, 0.3) is 0 Å². The minimum absolute atomic E-state index is 0.308. The lowest BCUT2D eigenvalue weighted by atomic mass is 9.79. The quantitative estimate of drug-likeness (QED) is 0.531. The summed E-state index contributed by atoms with van der Waals surface area (Å²) in [7, 11) is 7.53. The van der Waals surface area contributed by atoms with Crippen molar-refractivity contribution in [1.82, 2.24) is 5.32 Å². The molecule has 0 spiro atoms. The molecule has 1 nitrogen and oxygen atoms in total. The van der Waals surface area contributed by atoms with Crippen molar-refractivity contribution >= 4 is 7.85 Å². The van der Waals surface area contributed by atoms with Crippen LogP contribution in [-0.4, -0.2) is 21.4 Å². The van der Waals surface area contributed by atoms with E-state index in [4.69, 9.17) is 7.85 Å². The lowest BCUT2D eigenvalue weighted by Gasteiger charge is -2.13. The second-order valence-electron chi connectivity index (χ2n) is 2.39. The van der Waals surface area contributed by atoms with Gasteiger partial charge in [0.25, 0.3) is 0 Å². The average Bonchev–Trinajstić information content (AvgIpc) is 1.67. The van der Waals surface area contributed by atoms with Crippen LogP contribution in [0, 0.1) is 5.92 Å². The molecule has 0 aromatic rings. The molecule has 0 rings (SSSR count). The third kappa shape index (κ3) is 3.08. The second-order valence-corrected chi connectivity index (χ2v) is 2.39. The van der Waals surface area contributed by atoms with Gasteiger partial charge in [-0.2, -0.15) is 0 Å². The molecule has 0 saturated heterocycles. The van der Waals surface area contributed by atoms with Crippen LogP contribution in [0.4, 0.5) is 0 Å². The van der Waals surface area contributed by atoms with Gasteiger partial charge in [0.1, 0.15) is 0 Å². The molecule has 0 saturated carbocycles. The van der Waals surface area contributed by atoms with Gasteiger partial charge in [-0.15, -0.1) is 0 Å². The van der Waals surface area contributed by atoms with E-state index in [9.17, 15) is 0 Å². The number of rotatable bonds is 3. The summed E-state index contributed by atoms with van der Waals surface area (Å²) in [6, 6.07) is 0. The molecule has 0 aliphatic rings. The minimum Gasteiger partial charge on any atom is -0.320 e. The Morgan fingerprint density at radius 3 is 2.12 bits per heavy atom. The van der Waals surface area contributed by atoms with Gasteiger partial charge in [-0.25, -0.2) is 0 Å². The molecule has 0 amide bonds. The normalized spacial score (nSPS) is 17.9. The predicted octanol–water partition coefficient (Wildman–Crippen LogP) is 0.819. The van der Waals surface area contributed by atoms with Crippen molar-refractivity contribution in [3.8, 4) is 0 Å². The van der Waals surface area contributed by atoms with Gasteiger partial charge >= 0.3 is 0 Å².